The van der Waals surface area contributed by atoms with Crippen LogP contribution in [0.4, 0.5) is 8.78 Å². The average molecular weight is 188 g/mol. The first kappa shape index (κ1) is 10.2. The minimum Gasteiger partial charge on any atom is -0.272 e. The Hall–Kier alpha value is -0.930. The lowest BCUT2D eigenvalue weighted by Crippen LogP contribution is -2.11. The van der Waals surface area contributed by atoms with Crippen molar-refractivity contribution in [1.29, 1.82) is 0 Å². The Bertz CT molecular complexity index is 273. The van der Waals surface area contributed by atoms with Gasteiger partial charge >= 0.3 is 0 Å². The second-order valence-corrected chi connectivity index (χ2v) is 3.71. The highest BCUT2D eigenvalue weighted by molar-refractivity contribution is 5.05. The summed E-state index contributed by atoms with van der Waals surface area (Å²) in [6.07, 6.45) is 1.59. The number of aromatic nitrogens is 2. The van der Waals surface area contributed by atoms with E-state index < -0.39 is 5.92 Å². The Labute approximate surface area is 76.6 Å². The third-order valence-corrected chi connectivity index (χ3v) is 1.64. The zero-order chi connectivity index (χ0) is 10.1. The Morgan fingerprint density at radius 1 is 1.54 bits per heavy atom. The van der Waals surface area contributed by atoms with Gasteiger partial charge in [0.05, 0.1) is 0 Å². The van der Waals surface area contributed by atoms with Crippen LogP contribution in [0.25, 0.3) is 0 Å². The molecule has 74 valence electrons. The highest BCUT2D eigenvalue weighted by Gasteiger charge is 2.27. The molecule has 0 radical (unpaired) electrons. The van der Waals surface area contributed by atoms with E-state index in [4.69, 9.17) is 0 Å². The van der Waals surface area contributed by atoms with Gasteiger partial charge < -0.3 is 0 Å². The predicted molar refractivity (Wildman–Crippen MR) is 46.6 cm³/mol. The van der Waals surface area contributed by atoms with Gasteiger partial charge in [0.2, 0.25) is 0 Å². The molecule has 0 saturated heterocycles. The van der Waals surface area contributed by atoms with Gasteiger partial charge in [-0.3, -0.25) is 4.68 Å². The monoisotopic (exact) mass is 188 g/mol. The van der Waals surface area contributed by atoms with Crippen molar-refractivity contribution in [2.24, 2.45) is 5.92 Å². The summed E-state index contributed by atoms with van der Waals surface area (Å²) < 4.78 is 27.0. The van der Waals surface area contributed by atoms with Crippen molar-refractivity contribution in [3.05, 3.63) is 18.0 Å². The van der Waals surface area contributed by atoms with Crippen LogP contribution < -0.4 is 0 Å². The molecule has 13 heavy (non-hydrogen) atoms. The molecule has 0 aliphatic rings. The quantitative estimate of drug-likeness (QED) is 0.713. The number of halogens is 2. The van der Waals surface area contributed by atoms with E-state index >= 15 is 0 Å². The minimum atomic E-state index is -2.83. The first-order chi connectivity index (χ1) is 5.89. The van der Waals surface area contributed by atoms with Crippen LogP contribution in [-0.2, 0) is 12.5 Å². The molecule has 1 aromatic heterocycles. The SMILES string of the molecule is CC(C)Cn1ccc(C(C)(F)F)n1. The Morgan fingerprint density at radius 2 is 2.15 bits per heavy atom. The third kappa shape index (κ3) is 2.79. The van der Waals surface area contributed by atoms with Crippen molar-refractivity contribution in [3.8, 4) is 0 Å². The minimum absolute atomic E-state index is 0.159. The number of rotatable bonds is 3. The van der Waals surface area contributed by atoms with Crippen LogP contribution in [0.15, 0.2) is 12.3 Å². The first-order valence-electron chi connectivity index (χ1n) is 4.31. The van der Waals surface area contributed by atoms with Gasteiger partial charge in [-0.1, -0.05) is 13.8 Å². The molecule has 0 spiro atoms. The highest BCUT2D eigenvalue weighted by Crippen LogP contribution is 2.24. The van der Waals surface area contributed by atoms with E-state index in [2.05, 4.69) is 5.10 Å². The summed E-state index contributed by atoms with van der Waals surface area (Å²) in [5, 5.41) is 3.79. The van der Waals surface area contributed by atoms with Gasteiger partial charge in [-0.2, -0.15) is 13.9 Å². The number of alkyl halides is 2. The lowest BCUT2D eigenvalue weighted by Gasteiger charge is -2.06. The molecule has 2 nitrogen and oxygen atoms in total. The summed E-state index contributed by atoms with van der Waals surface area (Å²) in [5.41, 5.74) is -0.159. The molecule has 0 N–H and O–H groups in total. The zero-order valence-corrected chi connectivity index (χ0v) is 8.09. The molecule has 0 atom stereocenters. The van der Waals surface area contributed by atoms with E-state index in [1.807, 2.05) is 13.8 Å². The van der Waals surface area contributed by atoms with Crippen molar-refractivity contribution in [3.63, 3.8) is 0 Å². The maximum Gasteiger partial charge on any atom is 0.288 e. The number of hydrogen-bond donors (Lipinski definition) is 0. The maximum absolute atomic E-state index is 12.7. The number of hydrogen-bond acceptors (Lipinski definition) is 1. The standard InChI is InChI=1S/C9H14F2N2/c1-7(2)6-13-5-4-8(12-13)9(3,10)11/h4-5,7H,6H2,1-3H3. The normalized spacial score (nSPS) is 12.5. The van der Waals surface area contributed by atoms with E-state index in [-0.39, 0.29) is 5.69 Å². The van der Waals surface area contributed by atoms with Crippen LogP contribution in [0.3, 0.4) is 0 Å². The molecule has 0 saturated carbocycles. The summed E-state index contributed by atoms with van der Waals surface area (Å²) in [5.74, 6) is -2.42. The Morgan fingerprint density at radius 3 is 2.54 bits per heavy atom. The predicted octanol–water partition coefficient (Wildman–Crippen LogP) is 2.65. The second-order valence-electron chi connectivity index (χ2n) is 3.71. The van der Waals surface area contributed by atoms with Crippen LogP contribution in [0.2, 0.25) is 0 Å². The van der Waals surface area contributed by atoms with Gasteiger partial charge in [-0.15, -0.1) is 0 Å². The van der Waals surface area contributed by atoms with Gasteiger partial charge in [0, 0.05) is 19.7 Å². The van der Waals surface area contributed by atoms with Crippen LogP contribution in [0.5, 0.6) is 0 Å². The molecule has 4 heteroatoms. The summed E-state index contributed by atoms with van der Waals surface area (Å²) in [4.78, 5) is 0. The van der Waals surface area contributed by atoms with E-state index in [0.29, 0.717) is 12.5 Å². The summed E-state index contributed by atoms with van der Waals surface area (Å²) in [6, 6.07) is 1.36. The molecule has 0 amide bonds. The smallest absolute Gasteiger partial charge is 0.272 e. The molecule has 1 rings (SSSR count). The van der Waals surface area contributed by atoms with Crippen molar-refractivity contribution < 1.29 is 8.78 Å². The average Bonchev–Trinajstić information content (AvgIpc) is 2.32. The number of nitrogens with zero attached hydrogens (tertiary/aromatic N) is 2. The molecule has 1 heterocycles. The van der Waals surface area contributed by atoms with Crippen molar-refractivity contribution in [1.82, 2.24) is 9.78 Å². The zero-order valence-electron chi connectivity index (χ0n) is 8.09. The molecule has 0 aliphatic heterocycles. The Kier molecular flexibility index (Phi) is 2.68. The largest absolute Gasteiger partial charge is 0.288 e. The first-order valence-corrected chi connectivity index (χ1v) is 4.31. The molecule has 0 bridgehead atoms. The van der Waals surface area contributed by atoms with E-state index in [1.54, 1.807) is 10.9 Å². The van der Waals surface area contributed by atoms with E-state index in [9.17, 15) is 8.78 Å². The Balaban J connectivity index is 2.75. The summed E-state index contributed by atoms with van der Waals surface area (Å²) in [6.45, 7) is 5.57. The van der Waals surface area contributed by atoms with Crippen LogP contribution in [0.1, 0.15) is 26.5 Å². The highest BCUT2D eigenvalue weighted by atomic mass is 19.3. The van der Waals surface area contributed by atoms with Crippen molar-refractivity contribution in [2.45, 2.75) is 33.2 Å². The van der Waals surface area contributed by atoms with E-state index in [1.165, 1.54) is 6.07 Å². The third-order valence-electron chi connectivity index (χ3n) is 1.64. The topological polar surface area (TPSA) is 17.8 Å². The van der Waals surface area contributed by atoms with Crippen molar-refractivity contribution >= 4 is 0 Å². The lowest BCUT2D eigenvalue weighted by atomic mass is 10.2. The maximum atomic E-state index is 12.7. The molecule has 0 unspecified atom stereocenters. The van der Waals surface area contributed by atoms with Crippen LogP contribution in [0, 0.1) is 5.92 Å². The van der Waals surface area contributed by atoms with Gasteiger partial charge in [0.25, 0.3) is 5.92 Å². The fourth-order valence-electron chi connectivity index (χ4n) is 1.07. The molecule has 0 aliphatic carbocycles. The summed E-state index contributed by atoms with van der Waals surface area (Å²) >= 11 is 0. The van der Waals surface area contributed by atoms with Gasteiger partial charge in [0.15, 0.2) is 0 Å². The molecule has 0 aromatic carbocycles. The van der Waals surface area contributed by atoms with Gasteiger partial charge in [0.1, 0.15) is 5.69 Å². The molecule has 0 fully saturated rings. The van der Waals surface area contributed by atoms with Crippen LogP contribution >= 0.6 is 0 Å². The van der Waals surface area contributed by atoms with E-state index in [0.717, 1.165) is 6.92 Å². The fourth-order valence-corrected chi connectivity index (χ4v) is 1.07. The summed E-state index contributed by atoms with van der Waals surface area (Å²) in [7, 11) is 0. The fraction of sp³-hybridized carbons (Fsp3) is 0.667. The second kappa shape index (κ2) is 3.44. The van der Waals surface area contributed by atoms with Crippen molar-refractivity contribution in [2.75, 3.05) is 0 Å². The van der Waals surface area contributed by atoms with Gasteiger partial charge in [-0.25, -0.2) is 0 Å². The molecular formula is C9H14F2N2. The lowest BCUT2D eigenvalue weighted by molar-refractivity contribution is 0.0120. The van der Waals surface area contributed by atoms with Gasteiger partial charge in [-0.05, 0) is 12.0 Å². The van der Waals surface area contributed by atoms with Crippen LogP contribution in [-0.4, -0.2) is 9.78 Å². The molecule has 1 aromatic rings. The molecular weight excluding hydrogens is 174 g/mol.